The van der Waals surface area contributed by atoms with Crippen LogP contribution < -0.4 is 4.72 Å². The fourth-order valence-corrected chi connectivity index (χ4v) is 3.78. The highest BCUT2D eigenvalue weighted by Crippen LogP contribution is 2.26. The Bertz CT molecular complexity index is 868. The number of nitrogens with one attached hydrogen (secondary N) is 1. The molecule has 0 aliphatic rings. The van der Waals surface area contributed by atoms with Crippen LogP contribution in [0.5, 0.6) is 0 Å². The van der Waals surface area contributed by atoms with E-state index in [4.69, 9.17) is 5.26 Å². The molecule has 2 heterocycles. The monoisotopic (exact) mass is 333 g/mol. The van der Waals surface area contributed by atoms with Crippen LogP contribution in [0, 0.1) is 25.2 Å². The Labute approximate surface area is 136 Å². The van der Waals surface area contributed by atoms with Gasteiger partial charge < -0.3 is 0 Å². The largest absolute Gasteiger partial charge is 0.266 e. The van der Waals surface area contributed by atoms with E-state index in [0.29, 0.717) is 17.0 Å². The average molecular weight is 333 g/mol. The maximum absolute atomic E-state index is 12.7. The summed E-state index contributed by atoms with van der Waals surface area (Å²) in [4.78, 5) is 4.09. The Morgan fingerprint density at radius 3 is 2.35 bits per heavy atom. The molecular weight excluding hydrogens is 314 g/mol. The van der Waals surface area contributed by atoms with Crippen molar-refractivity contribution in [1.82, 2.24) is 14.8 Å². The van der Waals surface area contributed by atoms with E-state index in [1.54, 1.807) is 18.5 Å². The van der Waals surface area contributed by atoms with Crippen molar-refractivity contribution >= 4 is 15.8 Å². The van der Waals surface area contributed by atoms with Gasteiger partial charge in [-0.1, -0.05) is 0 Å². The van der Waals surface area contributed by atoms with Gasteiger partial charge in [-0.2, -0.15) is 10.4 Å². The Morgan fingerprint density at radius 2 is 1.91 bits per heavy atom. The molecule has 0 fully saturated rings. The van der Waals surface area contributed by atoms with Crippen molar-refractivity contribution in [3.05, 3.63) is 35.3 Å². The maximum Gasteiger partial charge on any atom is 0.266 e. The van der Waals surface area contributed by atoms with E-state index in [1.807, 2.05) is 26.8 Å². The van der Waals surface area contributed by atoms with Gasteiger partial charge in [-0.3, -0.25) is 9.40 Å². The van der Waals surface area contributed by atoms with E-state index in [2.05, 4.69) is 14.8 Å². The predicted molar refractivity (Wildman–Crippen MR) is 86.5 cm³/mol. The van der Waals surface area contributed by atoms with Crippen LogP contribution in [0.1, 0.15) is 37.7 Å². The molecule has 2 aromatic rings. The molecule has 2 aromatic heterocycles. The van der Waals surface area contributed by atoms with Crippen LogP contribution in [-0.4, -0.2) is 23.2 Å². The molecule has 122 valence electrons. The summed E-state index contributed by atoms with van der Waals surface area (Å²) in [6, 6.07) is 4.89. The van der Waals surface area contributed by atoms with E-state index >= 15 is 0 Å². The summed E-state index contributed by atoms with van der Waals surface area (Å²) in [7, 11) is -3.81. The first-order valence-electron chi connectivity index (χ1n) is 7.02. The summed E-state index contributed by atoms with van der Waals surface area (Å²) in [6.45, 7) is 9.26. The molecule has 0 unspecified atom stereocenters. The first-order chi connectivity index (χ1) is 10.6. The van der Waals surface area contributed by atoms with Crippen LogP contribution >= 0.6 is 0 Å². The summed E-state index contributed by atoms with van der Waals surface area (Å²) >= 11 is 0. The number of sulfonamides is 1. The molecule has 23 heavy (non-hydrogen) atoms. The van der Waals surface area contributed by atoms with Crippen molar-refractivity contribution in [2.75, 3.05) is 4.72 Å². The molecule has 1 N–H and O–H groups in total. The molecule has 7 nitrogen and oxygen atoms in total. The highest BCUT2D eigenvalue weighted by Gasteiger charge is 2.28. The van der Waals surface area contributed by atoms with Gasteiger partial charge in [0.25, 0.3) is 10.0 Å². The number of aryl methyl sites for hydroxylation is 1. The third kappa shape index (κ3) is 3.35. The number of hydrogen-bond donors (Lipinski definition) is 1. The molecule has 0 aromatic carbocycles. The third-order valence-electron chi connectivity index (χ3n) is 3.26. The highest BCUT2D eigenvalue weighted by atomic mass is 32.2. The summed E-state index contributed by atoms with van der Waals surface area (Å²) in [6.07, 6.45) is 1.32. The first kappa shape index (κ1) is 17.0. The van der Waals surface area contributed by atoms with E-state index in [1.165, 1.54) is 18.3 Å². The van der Waals surface area contributed by atoms with Gasteiger partial charge in [0.2, 0.25) is 0 Å². The summed E-state index contributed by atoms with van der Waals surface area (Å²) in [5.41, 5.74) is 1.03. The lowest BCUT2D eigenvalue weighted by Crippen LogP contribution is -2.25. The van der Waals surface area contributed by atoms with Gasteiger partial charge in [-0.25, -0.2) is 13.4 Å². The lowest BCUT2D eigenvalue weighted by Gasteiger charge is -2.21. The minimum Gasteiger partial charge on any atom is -0.263 e. The number of aromatic nitrogens is 3. The van der Waals surface area contributed by atoms with E-state index < -0.39 is 10.0 Å². The van der Waals surface area contributed by atoms with Crippen molar-refractivity contribution in [3.63, 3.8) is 0 Å². The first-order valence-corrected chi connectivity index (χ1v) is 8.50. The van der Waals surface area contributed by atoms with Crippen LogP contribution in [0.4, 0.5) is 5.82 Å². The number of anilines is 1. The summed E-state index contributed by atoms with van der Waals surface area (Å²) < 4.78 is 29.5. The molecule has 0 spiro atoms. The standard InChI is InChI=1S/C15H19N5O2S/c1-10-14(11(2)20(18-10)15(3,4)5)23(21,22)19-13-7-6-12(8-16)9-17-13/h6-7,9H,1-5H3,(H,17,19). The Kier molecular flexibility index (Phi) is 4.18. The van der Waals surface area contributed by atoms with E-state index in [0.717, 1.165) is 0 Å². The molecule has 0 saturated carbocycles. The Morgan fingerprint density at radius 1 is 1.26 bits per heavy atom. The quantitative estimate of drug-likeness (QED) is 0.929. The van der Waals surface area contributed by atoms with Gasteiger partial charge >= 0.3 is 0 Å². The summed E-state index contributed by atoms with van der Waals surface area (Å²) in [5, 5.41) is 13.1. The topological polar surface area (TPSA) is 101 Å². The van der Waals surface area contributed by atoms with Crippen LogP contribution in [-0.2, 0) is 15.6 Å². The Balaban J connectivity index is 2.44. The molecular formula is C15H19N5O2S. The number of pyridine rings is 1. The predicted octanol–water partition coefficient (Wildman–Crippen LogP) is 2.32. The van der Waals surface area contributed by atoms with Crippen LogP contribution in [0.2, 0.25) is 0 Å². The second kappa shape index (κ2) is 5.66. The molecule has 0 aliphatic heterocycles. The van der Waals surface area contributed by atoms with Crippen molar-refractivity contribution in [3.8, 4) is 6.07 Å². The van der Waals surface area contributed by atoms with Crippen molar-refractivity contribution < 1.29 is 8.42 Å². The molecule has 0 saturated heterocycles. The van der Waals surface area contributed by atoms with E-state index in [-0.39, 0.29) is 16.3 Å². The number of nitriles is 1. The minimum absolute atomic E-state index is 0.151. The summed E-state index contributed by atoms with van der Waals surface area (Å²) in [5.74, 6) is 0.159. The van der Waals surface area contributed by atoms with E-state index in [9.17, 15) is 8.42 Å². The molecule has 0 aliphatic carbocycles. The lowest BCUT2D eigenvalue weighted by molar-refractivity contribution is 0.345. The minimum atomic E-state index is -3.81. The van der Waals surface area contributed by atoms with Crippen molar-refractivity contribution in [1.29, 1.82) is 5.26 Å². The molecule has 0 radical (unpaired) electrons. The SMILES string of the molecule is Cc1nn(C(C)(C)C)c(C)c1S(=O)(=O)Nc1ccc(C#N)cn1. The highest BCUT2D eigenvalue weighted by molar-refractivity contribution is 7.92. The second-order valence-electron chi connectivity index (χ2n) is 6.23. The van der Waals surface area contributed by atoms with Crippen LogP contribution in [0.25, 0.3) is 0 Å². The van der Waals surface area contributed by atoms with Gasteiger partial charge in [0.05, 0.1) is 22.5 Å². The zero-order chi connectivity index (χ0) is 17.4. The number of hydrogen-bond acceptors (Lipinski definition) is 5. The number of nitrogens with zero attached hydrogens (tertiary/aromatic N) is 4. The molecule has 0 atom stereocenters. The van der Waals surface area contributed by atoms with Gasteiger partial charge in [0.15, 0.2) is 0 Å². The maximum atomic E-state index is 12.7. The zero-order valence-electron chi connectivity index (χ0n) is 13.7. The molecule has 0 amide bonds. The smallest absolute Gasteiger partial charge is 0.263 e. The fourth-order valence-electron chi connectivity index (χ4n) is 2.38. The van der Waals surface area contributed by atoms with Crippen molar-refractivity contribution in [2.24, 2.45) is 0 Å². The fraction of sp³-hybridized carbons (Fsp3) is 0.400. The van der Waals surface area contributed by atoms with Gasteiger partial charge in [-0.05, 0) is 46.8 Å². The third-order valence-corrected chi connectivity index (χ3v) is 4.87. The van der Waals surface area contributed by atoms with Crippen LogP contribution in [0.3, 0.4) is 0 Å². The van der Waals surface area contributed by atoms with Crippen LogP contribution in [0.15, 0.2) is 23.2 Å². The molecule has 8 heteroatoms. The van der Waals surface area contributed by atoms with Gasteiger partial charge in [0, 0.05) is 6.20 Å². The normalized spacial score (nSPS) is 12.0. The molecule has 2 rings (SSSR count). The van der Waals surface area contributed by atoms with Gasteiger partial charge in [0.1, 0.15) is 16.8 Å². The Hall–Kier alpha value is -2.40. The number of rotatable bonds is 3. The van der Waals surface area contributed by atoms with Gasteiger partial charge in [-0.15, -0.1) is 0 Å². The second-order valence-corrected chi connectivity index (χ2v) is 7.85. The van der Waals surface area contributed by atoms with Crippen molar-refractivity contribution in [2.45, 2.75) is 45.1 Å². The molecule has 0 bridgehead atoms. The average Bonchev–Trinajstić information content (AvgIpc) is 2.75. The lowest BCUT2D eigenvalue weighted by atomic mass is 10.1. The zero-order valence-corrected chi connectivity index (χ0v) is 14.6.